The fourth-order valence-corrected chi connectivity index (χ4v) is 5.93. The van der Waals surface area contributed by atoms with E-state index in [9.17, 15) is 18.0 Å². The number of sulfonamides is 1. The minimum Gasteiger partial charge on any atom is -0.324 e. The lowest BCUT2D eigenvalue weighted by Gasteiger charge is -2.21. The summed E-state index contributed by atoms with van der Waals surface area (Å²) in [6.07, 6.45) is 0. The van der Waals surface area contributed by atoms with Crippen LogP contribution in [0.25, 0.3) is 4.95 Å². The van der Waals surface area contributed by atoms with E-state index < -0.39 is 21.8 Å². The normalized spacial score (nSPS) is 14.0. The maximum absolute atomic E-state index is 13.1. The van der Waals surface area contributed by atoms with Crippen molar-refractivity contribution in [1.29, 1.82) is 0 Å². The number of halogens is 2. The van der Waals surface area contributed by atoms with Crippen molar-refractivity contribution in [2.24, 2.45) is 5.10 Å². The molecule has 178 valence electrons. The first-order valence-corrected chi connectivity index (χ1v) is 12.7. The summed E-state index contributed by atoms with van der Waals surface area (Å²) in [5, 5.41) is 8.93. The second-order valence-electron chi connectivity index (χ2n) is 6.99. The SMILES string of the molecule is [C-]#[N+]N=C(Nc1ccc(N2CC(=O)Nc3ccccc3C2=O)c(Cl)c1)NS(=O)(=O)c1ccc(Cl)s1. The molecule has 35 heavy (non-hydrogen) atoms. The zero-order valence-electron chi connectivity index (χ0n) is 17.5. The molecule has 1 aromatic heterocycles. The molecule has 0 saturated heterocycles. The predicted octanol–water partition coefficient (Wildman–Crippen LogP) is 4.23. The molecule has 0 bridgehead atoms. The Kier molecular flexibility index (Phi) is 6.95. The molecule has 0 saturated carbocycles. The number of rotatable bonds is 4. The number of nitrogens with zero attached hydrogens (tertiary/aromatic N) is 3. The molecule has 14 heteroatoms. The third kappa shape index (κ3) is 5.39. The van der Waals surface area contributed by atoms with Crippen LogP contribution in [-0.2, 0) is 14.8 Å². The highest BCUT2D eigenvalue weighted by Gasteiger charge is 2.28. The molecule has 3 N–H and O–H groups in total. The van der Waals surface area contributed by atoms with Crippen LogP contribution in [0.5, 0.6) is 0 Å². The maximum Gasteiger partial charge on any atom is 0.296 e. The van der Waals surface area contributed by atoms with Crippen molar-refractivity contribution >= 4 is 79.4 Å². The standard InChI is InChI=1S/C21H14Cl2N6O4S2/c1-24-27-21(28-35(32,33)19-9-8-17(23)34-19)25-12-6-7-16(14(22)10-12)29-11-18(30)26-15-5-3-2-4-13(15)20(29)31/h2-10H,11H2,(H,26,30)(H2,25,27,28). The van der Waals surface area contributed by atoms with Gasteiger partial charge in [-0.2, -0.15) is 6.57 Å². The number of benzene rings is 2. The highest BCUT2D eigenvalue weighted by Crippen LogP contribution is 2.32. The first-order valence-electron chi connectivity index (χ1n) is 9.68. The van der Waals surface area contributed by atoms with Crippen LogP contribution in [0.2, 0.25) is 9.36 Å². The van der Waals surface area contributed by atoms with Crippen LogP contribution in [0.1, 0.15) is 10.4 Å². The minimum absolute atomic E-state index is 0.0615. The van der Waals surface area contributed by atoms with E-state index in [2.05, 4.69) is 25.4 Å². The lowest BCUT2D eigenvalue weighted by atomic mass is 10.1. The number of thiophene rings is 1. The van der Waals surface area contributed by atoms with Gasteiger partial charge in [-0.05, 0) is 42.5 Å². The van der Waals surface area contributed by atoms with Crippen LogP contribution in [0.3, 0.4) is 0 Å². The average molecular weight is 549 g/mol. The average Bonchev–Trinajstić information content (AvgIpc) is 3.20. The summed E-state index contributed by atoms with van der Waals surface area (Å²) in [5.41, 5.74) is 1.26. The summed E-state index contributed by atoms with van der Waals surface area (Å²) in [6, 6.07) is 13.8. The van der Waals surface area contributed by atoms with Crippen molar-refractivity contribution in [2.75, 3.05) is 22.1 Å². The molecule has 2 heterocycles. The van der Waals surface area contributed by atoms with Crippen molar-refractivity contribution in [3.05, 3.63) is 81.0 Å². The van der Waals surface area contributed by atoms with Crippen LogP contribution in [0, 0.1) is 6.57 Å². The largest absolute Gasteiger partial charge is 0.324 e. The number of fused-ring (bicyclic) bond motifs is 1. The predicted molar refractivity (Wildman–Crippen MR) is 136 cm³/mol. The van der Waals surface area contributed by atoms with E-state index in [-0.39, 0.29) is 37.4 Å². The van der Waals surface area contributed by atoms with Crippen LogP contribution in [-0.4, -0.2) is 32.7 Å². The first kappa shape index (κ1) is 24.5. The zero-order valence-corrected chi connectivity index (χ0v) is 20.6. The molecule has 0 spiro atoms. The summed E-state index contributed by atoms with van der Waals surface area (Å²) in [4.78, 5) is 29.6. The molecule has 0 aliphatic carbocycles. The molecule has 0 unspecified atom stereocenters. The molecule has 4 rings (SSSR count). The van der Waals surface area contributed by atoms with E-state index in [1.807, 2.05) is 0 Å². The fourth-order valence-electron chi connectivity index (χ4n) is 3.20. The Hall–Kier alpha value is -3.63. The van der Waals surface area contributed by atoms with E-state index >= 15 is 0 Å². The Morgan fingerprint density at radius 1 is 1.14 bits per heavy atom. The molecule has 0 fully saturated rings. The number of carbonyl (C=O) groups is 2. The van der Waals surface area contributed by atoms with Crippen molar-refractivity contribution < 1.29 is 18.0 Å². The van der Waals surface area contributed by atoms with E-state index in [4.69, 9.17) is 29.8 Å². The summed E-state index contributed by atoms with van der Waals surface area (Å²) in [6.45, 7) is 6.73. The quantitative estimate of drug-likeness (QED) is 0.195. The summed E-state index contributed by atoms with van der Waals surface area (Å²) >= 11 is 13.1. The van der Waals surface area contributed by atoms with Crippen LogP contribution >= 0.6 is 34.5 Å². The maximum atomic E-state index is 13.1. The monoisotopic (exact) mass is 548 g/mol. The Morgan fingerprint density at radius 3 is 2.60 bits per heavy atom. The van der Waals surface area contributed by atoms with Crippen LogP contribution in [0.15, 0.2) is 63.9 Å². The van der Waals surface area contributed by atoms with Gasteiger partial charge < -0.3 is 10.6 Å². The number of carbonyl (C=O) groups excluding carboxylic acids is 2. The van der Waals surface area contributed by atoms with Gasteiger partial charge in [-0.15, -0.1) is 16.3 Å². The van der Waals surface area contributed by atoms with Crippen molar-refractivity contribution in [1.82, 2.24) is 4.72 Å². The first-order chi connectivity index (χ1) is 16.7. The lowest BCUT2D eigenvalue weighted by Crippen LogP contribution is -2.36. The fraction of sp³-hybridized carbons (Fsp3) is 0.0476. The summed E-state index contributed by atoms with van der Waals surface area (Å²) < 4.78 is 27.5. The highest BCUT2D eigenvalue weighted by molar-refractivity contribution is 7.92. The molecule has 2 aromatic carbocycles. The summed E-state index contributed by atoms with van der Waals surface area (Å²) in [5.74, 6) is -1.18. The highest BCUT2D eigenvalue weighted by atomic mass is 35.5. The Balaban J connectivity index is 1.59. The number of hydrogen-bond acceptors (Lipinski definition) is 6. The zero-order chi connectivity index (χ0) is 25.2. The minimum atomic E-state index is -4.05. The smallest absolute Gasteiger partial charge is 0.296 e. The Labute approximate surface area is 214 Å². The number of amides is 2. The van der Waals surface area contributed by atoms with E-state index in [0.717, 1.165) is 11.3 Å². The van der Waals surface area contributed by atoms with Gasteiger partial charge in [0.15, 0.2) is 0 Å². The molecule has 0 radical (unpaired) electrons. The van der Waals surface area contributed by atoms with Crippen molar-refractivity contribution in [2.45, 2.75) is 4.21 Å². The van der Waals surface area contributed by atoms with Gasteiger partial charge in [0, 0.05) is 5.69 Å². The Bertz CT molecular complexity index is 1510. The van der Waals surface area contributed by atoms with Gasteiger partial charge in [-0.3, -0.25) is 14.5 Å². The molecule has 10 nitrogen and oxygen atoms in total. The van der Waals surface area contributed by atoms with Gasteiger partial charge in [0.25, 0.3) is 21.9 Å². The molecule has 3 aromatic rings. The van der Waals surface area contributed by atoms with Gasteiger partial charge in [0.2, 0.25) is 5.91 Å². The number of nitrogens with one attached hydrogen (secondary N) is 3. The van der Waals surface area contributed by atoms with Crippen molar-refractivity contribution in [3.8, 4) is 0 Å². The van der Waals surface area contributed by atoms with Crippen LogP contribution in [0.4, 0.5) is 17.1 Å². The number of anilines is 3. The second kappa shape index (κ2) is 9.93. The van der Waals surface area contributed by atoms with Crippen LogP contribution < -0.4 is 20.3 Å². The number of guanidine groups is 1. The van der Waals surface area contributed by atoms with Gasteiger partial charge in [0.1, 0.15) is 15.9 Å². The second-order valence-corrected chi connectivity index (χ2v) is 11.0. The molecular weight excluding hydrogens is 535 g/mol. The third-order valence-corrected chi connectivity index (χ3v) is 8.04. The molecule has 1 aliphatic rings. The molecule has 1 aliphatic heterocycles. The van der Waals surface area contributed by atoms with E-state index in [1.165, 1.54) is 35.2 Å². The molecule has 0 atom stereocenters. The van der Waals surface area contributed by atoms with E-state index in [1.54, 1.807) is 24.3 Å². The topological polar surface area (TPSA) is 124 Å². The number of para-hydroxylation sites is 1. The molecular formula is C21H14Cl2N6O4S2. The Morgan fingerprint density at radius 2 is 1.91 bits per heavy atom. The van der Waals surface area contributed by atoms with Crippen molar-refractivity contribution in [3.63, 3.8) is 0 Å². The lowest BCUT2D eigenvalue weighted by molar-refractivity contribution is -0.114. The number of hydrogen-bond donors (Lipinski definition) is 3. The van der Waals surface area contributed by atoms with Gasteiger partial charge in [-0.25, -0.2) is 13.1 Å². The molecule has 2 amide bonds. The van der Waals surface area contributed by atoms with E-state index in [0.29, 0.717) is 11.3 Å². The van der Waals surface area contributed by atoms with Gasteiger partial charge in [0.05, 0.1) is 26.3 Å². The van der Waals surface area contributed by atoms with Gasteiger partial charge in [-0.1, -0.05) is 35.3 Å². The summed E-state index contributed by atoms with van der Waals surface area (Å²) in [7, 11) is -4.05. The van der Waals surface area contributed by atoms with Gasteiger partial charge >= 0.3 is 0 Å². The third-order valence-electron chi connectivity index (χ3n) is 4.67.